The van der Waals surface area contributed by atoms with Crippen LogP contribution in [0, 0.1) is 0 Å². The van der Waals surface area contributed by atoms with Crippen LogP contribution in [0.1, 0.15) is 39.3 Å². The van der Waals surface area contributed by atoms with E-state index in [0.29, 0.717) is 0 Å². The minimum atomic E-state index is -1.07. The molecular weight excluding hydrogens is 258 g/mol. The normalized spacial score (nSPS) is 15.7. The summed E-state index contributed by atoms with van der Waals surface area (Å²) in [4.78, 5) is 0. The summed E-state index contributed by atoms with van der Waals surface area (Å²) < 4.78 is 16.8. The minimum absolute atomic E-state index is 0.0460. The van der Waals surface area contributed by atoms with Crippen LogP contribution in [0.4, 0.5) is 0 Å². The fourth-order valence-electron chi connectivity index (χ4n) is 1.84. The largest absolute Gasteiger partial charge is 0.598 e. The topological polar surface area (TPSA) is 52.9 Å². The zero-order valence-electron chi connectivity index (χ0n) is 12.1. The van der Waals surface area contributed by atoms with Gasteiger partial charge in [0.1, 0.15) is 4.75 Å². The Bertz CT molecular complexity index is 574. The van der Waals surface area contributed by atoms with Gasteiger partial charge in [-0.1, -0.05) is 6.07 Å². The molecule has 0 aliphatic rings. The summed E-state index contributed by atoms with van der Waals surface area (Å²) in [5.41, 5.74) is 2.11. The lowest BCUT2D eigenvalue weighted by Gasteiger charge is -2.26. The molecule has 2 rings (SSSR count). The van der Waals surface area contributed by atoms with E-state index < -0.39 is 11.4 Å². The highest BCUT2D eigenvalue weighted by Crippen LogP contribution is 2.22. The van der Waals surface area contributed by atoms with Crippen LogP contribution in [0.2, 0.25) is 0 Å². The van der Waals surface area contributed by atoms with Gasteiger partial charge in [-0.3, -0.25) is 4.68 Å². The lowest BCUT2D eigenvalue weighted by atomic mass is 10.1. The van der Waals surface area contributed by atoms with Gasteiger partial charge < -0.3 is 4.55 Å². The third-order valence-electron chi connectivity index (χ3n) is 2.98. The maximum absolute atomic E-state index is 12.1. The third kappa shape index (κ3) is 3.29. The molecule has 0 amide bonds. The van der Waals surface area contributed by atoms with E-state index >= 15 is 0 Å². The molecule has 0 bridgehead atoms. The Hall–Kier alpha value is -1.04. The SMILES string of the molecule is C[C@H](N[S+]([O-])C(C)(C)C)c1ccc2nn(C)cc2c1. The van der Waals surface area contributed by atoms with Gasteiger partial charge in [0.15, 0.2) is 0 Å². The van der Waals surface area contributed by atoms with Crippen LogP contribution in [-0.2, 0) is 18.4 Å². The Morgan fingerprint density at radius 2 is 2.05 bits per heavy atom. The summed E-state index contributed by atoms with van der Waals surface area (Å²) in [5, 5.41) is 5.46. The molecule has 4 nitrogen and oxygen atoms in total. The van der Waals surface area contributed by atoms with E-state index in [0.717, 1.165) is 16.5 Å². The maximum atomic E-state index is 12.1. The fourth-order valence-corrected chi connectivity index (χ4v) is 2.65. The number of aromatic nitrogens is 2. The van der Waals surface area contributed by atoms with Crippen molar-refractivity contribution < 1.29 is 4.55 Å². The van der Waals surface area contributed by atoms with Crippen molar-refractivity contribution in [2.75, 3.05) is 0 Å². The van der Waals surface area contributed by atoms with Gasteiger partial charge in [0.05, 0.1) is 11.6 Å². The Kier molecular flexibility index (Phi) is 3.90. The molecule has 1 aromatic heterocycles. The molecule has 2 aromatic rings. The van der Waals surface area contributed by atoms with Gasteiger partial charge in [-0.15, -0.1) is 4.72 Å². The lowest BCUT2D eigenvalue weighted by molar-refractivity contribution is 0.531. The van der Waals surface area contributed by atoms with Crippen LogP contribution in [0.25, 0.3) is 10.9 Å². The molecule has 1 aromatic carbocycles. The molecule has 1 N–H and O–H groups in total. The highest BCUT2D eigenvalue weighted by Gasteiger charge is 2.28. The first-order chi connectivity index (χ1) is 8.77. The Morgan fingerprint density at radius 1 is 1.37 bits per heavy atom. The van der Waals surface area contributed by atoms with Gasteiger partial charge in [-0.25, -0.2) is 0 Å². The quantitative estimate of drug-likeness (QED) is 0.879. The van der Waals surface area contributed by atoms with E-state index in [9.17, 15) is 4.55 Å². The molecule has 0 radical (unpaired) electrons. The molecule has 2 atom stereocenters. The van der Waals surface area contributed by atoms with E-state index in [-0.39, 0.29) is 10.8 Å². The Labute approximate surface area is 117 Å². The molecule has 0 aliphatic carbocycles. The summed E-state index contributed by atoms with van der Waals surface area (Å²) in [5.74, 6) is 0. The van der Waals surface area contributed by atoms with Gasteiger partial charge in [0.25, 0.3) is 0 Å². The molecule has 0 saturated carbocycles. The summed E-state index contributed by atoms with van der Waals surface area (Å²) in [6.45, 7) is 7.93. The second-order valence-corrected chi connectivity index (χ2v) is 7.84. The molecule has 0 fully saturated rings. The number of fused-ring (bicyclic) bond motifs is 1. The maximum Gasteiger partial charge on any atom is 0.136 e. The molecule has 1 unspecified atom stereocenters. The van der Waals surface area contributed by atoms with Crippen LogP contribution >= 0.6 is 0 Å². The van der Waals surface area contributed by atoms with Crippen molar-refractivity contribution in [2.24, 2.45) is 7.05 Å². The third-order valence-corrected chi connectivity index (χ3v) is 4.66. The van der Waals surface area contributed by atoms with Crippen LogP contribution in [0.15, 0.2) is 24.4 Å². The standard InChI is InChI=1S/C14H21N3OS/c1-10(16-19(18)14(2,3)4)11-6-7-13-12(8-11)9-17(5)15-13/h6-10,16H,1-5H3/t10-,19?/m0/s1. The van der Waals surface area contributed by atoms with E-state index in [1.54, 1.807) is 4.68 Å². The second kappa shape index (κ2) is 5.15. The van der Waals surface area contributed by atoms with Crippen molar-refractivity contribution >= 4 is 22.3 Å². The molecule has 0 aliphatic heterocycles. The zero-order chi connectivity index (χ0) is 14.2. The van der Waals surface area contributed by atoms with E-state index in [1.165, 1.54) is 0 Å². The molecular formula is C14H21N3OS. The first-order valence-corrected chi connectivity index (χ1v) is 7.54. The highest BCUT2D eigenvalue weighted by molar-refractivity contribution is 7.90. The first-order valence-electron chi connectivity index (χ1n) is 6.39. The average Bonchev–Trinajstić information content (AvgIpc) is 2.66. The molecule has 104 valence electrons. The predicted molar refractivity (Wildman–Crippen MR) is 80.2 cm³/mol. The van der Waals surface area contributed by atoms with Crippen molar-refractivity contribution in [3.63, 3.8) is 0 Å². The van der Waals surface area contributed by atoms with Crippen molar-refractivity contribution in [1.29, 1.82) is 0 Å². The van der Waals surface area contributed by atoms with Gasteiger partial charge in [0.2, 0.25) is 0 Å². The van der Waals surface area contributed by atoms with Crippen molar-refractivity contribution in [1.82, 2.24) is 14.5 Å². The van der Waals surface area contributed by atoms with E-state index in [1.807, 2.05) is 53.1 Å². The predicted octanol–water partition coefficient (Wildman–Crippen LogP) is 2.69. The molecule has 19 heavy (non-hydrogen) atoms. The van der Waals surface area contributed by atoms with Gasteiger partial charge in [-0.2, -0.15) is 5.10 Å². The number of nitrogens with zero attached hydrogens (tertiary/aromatic N) is 2. The van der Waals surface area contributed by atoms with Crippen molar-refractivity contribution in [2.45, 2.75) is 38.5 Å². The molecule has 1 heterocycles. The molecule has 0 spiro atoms. The summed E-state index contributed by atoms with van der Waals surface area (Å²) in [6.07, 6.45) is 1.99. The monoisotopic (exact) mass is 279 g/mol. The zero-order valence-corrected chi connectivity index (χ0v) is 12.9. The van der Waals surface area contributed by atoms with Crippen molar-refractivity contribution in [3.8, 4) is 0 Å². The number of hydrogen-bond donors (Lipinski definition) is 1. The lowest BCUT2D eigenvalue weighted by Crippen LogP contribution is -2.40. The number of hydrogen-bond acceptors (Lipinski definition) is 3. The average molecular weight is 279 g/mol. The number of rotatable bonds is 3. The van der Waals surface area contributed by atoms with Crippen LogP contribution in [0.3, 0.4) is 0 Å². The highest BCUT2D eigenvalue weighted by atomic mass is 32.2. The van der Waals surface area contributed by atoms with Gasteiger partial charge in [0, 0.05) is 30.0 Å². The Morgan fingerprint density at radius 3 is 2.68 bits per heavy atom. The van der Waals surface area contributed by atoms with Crippen molar-refractivity contribution in [3.05, 3.63) is 30.0 Å². The van der Waals surface area contributed by atoms with Crippen LogP contribution < -0.4 is 4.72 Å². The molecule has 5 heteroatoms. The number of aryl methyl sites for hydroxylation is 1. The second-order valence-electron chi connectivity index (χ2n) is 5.84. The van der Waals surface area contributed by atoms with Gasteiger partial charge in [-0.05, 0) is 45.4 Å². The van der Waals surface area contributed by atoms with Gasteiger partial charge >= 0.3 is 0 Å². The number of nitrogens with one attached hydrogen (secondary N) is 1. The number of benzene rings is 1. The smallest absolute Gasteiger partial charge is 0.136 e. The van der Waals surface area contributed by atoms with Crippen LogP contribution in [0.5, 0.6) is 0 Å². The molecule has 0 saturated heterocycles. The van der Waals surface area contributed by atoms with E-state index in [4.69, 9.17) is 0 Å². The summed E-state index contributed by atoms with van der Waals surface area (Å²) in [6, 6.07) is 6.18. The van der Waals surface area contributed by atoms with E-state index in [2.05, 4.69) is 15.9 Å². The summed E-state index contributed by atoms with van der Waals surface area (Å²) >= 11 is -1.07. The minimum Gasteiger partial charge on any atom is -0.598 e. The fraction of sp³-hybridized carbons (Fsp3) is 0.500. The first kappa shape index (κ1) is 14.4. The van der Waals surface area contributed by atoms with Crippen LogP contribution in [-0.4, -0.2) is 19.1 Å². The Balaban J connectivity index is 2.19. The summed E-state index contributed by atoms with van der Waals surface area (Å²) in [7, 11) is 1.91.